The van der Waals surface area contributed by atoms with E-state index in [4.69, 9.17) is 0 Å². The molecule has 3 nitrogen and oxygen atoms in total. The second-order valence-electron chi connectivity index (χ2n) is 3.71. The molecule has 2 aliphatic rings. The fourth-order valence-electron chi connectivity index (χ4n) is 1.93. The van der Waals surface area contributed by atoms with Gasteiger partial charge >= 0.3 is 11.9 Å². The summed E-state index contributed by atoms with van der Waals surface area (Å²) in [5.74, 6) is -0.640. The third-order valence-corrected chi connectivity index (χ3v) is 2.76. The minimum absolute atomic E-state index is 0.00213. The van der Waals surface area contributed by atoms with Crippen molar-refractivity contribution in [2.45, 2.75) is 26.2 Å². The van der Waals surface area contributed by atoms with Crippen LogP contribution in [0.3, 0.4) is 0 Å². The summed E-state index contributed by atoms with van der Waals surface area (Å²) in [5.41, 5.74) is -0.349. The first-order valence-electron chi connectivity index (χ1n) is 3.88. The van der Waals surface area contributed by atoms with Crippen LogP contribution in [0.5, 0.6) is 0 Å². The van der Waals surface area contributed by atoms with Gasteiger partial charge < -0.3 is 4.74 Å². The van der Waals surface area contributed by atoms with Crippen molar-refractivity contribution in [2.24, 2.45) is 11.3 Å². The maximum atomic E-state index is 11.1. The lowest BCUT2D eigenvalue weighted by molar-refractivity contribution is -0.173. The van der Waals surface area contributed by atoms with Crippen LogP contribution in [0.1, 0.15) is 26.2 Å². The first-order valence-corrected chi connectivity index (χ1v) is 3.88. The molecule has 2 rings (SSSR count). The molecule has 0 N–H and O–H groups in total. The van der Waals surface area contributed by atoms with Gasteiger partial charge in [0.1, 0.15) is 0 Å². The molecule has 0 radical (unpaired) electrons. The Morgan fingerprint density at radius 1 is 1.55 bits per heavy atom. The molecule has 2 atom stereocenters. The van der Waals surface area contributed by atoms with E-state index in [0.29, 0.717) is 6.42 Å². The summed E-state index contributed by atoms with van der Waals surface area (Å²) < 4.78 is 4.60. The van der Waals surface area contributed by atoms with E-state index in [0.717, 1.165) is 12.8 Å². The van der Waals surface area contributed by atoms with Gasteiger partial charge in [0.2, 0.25) is 0 Å². The molecule has 1 heterocycles. The van der Waals surface area contributed by atoms with Gasteiger partial charge in [-0.2, -0.15) is 0 Å². The number of hydrogen-bond acceptors (Lipinski definition) is 3. The standard InChI is InChI=1S/C8H10O3/c1-8-3-2-5(4-8)6(9)11-7(8)10/h5H,2-4H2,1H3. The van der Waals surface area contributed by atoms with E-state index < -0.39 is 0 Å². The molecule has 0 spiro atoms. The Morgan fingerprint density at radius 2 is 2.27 bits per heavy atom. The highest BCUT2D eigenvalue weighted by Gasteiger charge is 2.50. The zero-order valence-electron chi connectivity index (χ0n) is 6.42. The first-order chi connectivity index (χ1) is 5.12. The first kappa shape index (κ1) is 6.83. The Bertz CT molecular complexity index is 233. The monoisotopic (exact) mass is 154 g/mol. The molecule has 0 aromatic rings. The number of cyclic esters (lactones) is 2. The fourth-order valence-corrected chi connectivity index (χ4v) is 1.93. The topological polar surface area (TPSA) is 43.4 Å². The Kier molecular flexibility index (Phi) is 1.14. The van der Waals surface area contributed by atoms with Gasteiger partial charge in [-0.05, 0) is 26.2 Å². The van der Waals surface area contributed by atoms with Crippen molar-refractivity contribution in [1.29, 1.82) is 0 Å². The third kappa shape index (κ3) is 0.800. The molecule has 0 aromatic carbocycles. The molecule has 2 unspecified atom stereocenters. The van der Waals surface area contributed by atoms with E-state index in [9.17, 15) is 9.59 Å². The molecule has 0 aromatic heterocycles. The lowest BCUT2D eigenvalue weighted by atomic mass is 9.86. The number of esters is 2. The van der Waals surface area contributed by atoms with Crippen LogP contribution >= 0.6 is 0 Å². The highest BCUT2D eigenvalue weighted by atomic mass is 16.6. The Morgan fingerprint density at radius 3 is 3.00 bits per heavy atom. The largest absolute Gasteiger partial charge is 0.393 e. The summed E-state index contributed by atoms with van der Waals surface area (Å²) in [6.45, 7) is 1.88. The maximum Gasteiger partial charge on any atom is 0.319 e. The van der Waals surface area contributed by atoms with Crippen molar-refractivity contribution in [3.8, 4) is 0 Å². The third-order valence-electron chi connectivity index (χ3n) is 2.76. The molecule has 60 valence electrons. The average molecular weight is 154 g/mol. The predicted molar refractivity (Wildman–Crippen MR) is 36.5 cm³/mol. The molecular weight excluding hydrogens is 144 g/mol. The minimum atomic E-state index is -0.349. The molecule has 1 aliphatic heterocycles. The highest BCUT2D eigenvalue weighted by molar-refractivity contribution is 5.93. The average Bonchev–Trinajstić information content (AvgIpc) is 2.28. The van der Waals surface area contributed by atoms with Gasteiger partial charge in [-0.25, -0.2) is 0 Å². The van der Waals surface area contributed by atoms with E-state index in [1.165, 1.54) is 0 Å². The van der Waals surface area contributed by atoms with Gasteiger partial charge in [0, 0.05) is 0 Å². The van der Waals surface area contributed by atoms with Crippen LogP contribution in [0, 0.1) is 11.3 Å². The smallest absolute Gasteiger partial charge is 0.319 e. The SMILES string of the molecule is CC12CCC(C1)C(=O)OC2=O. The number of carbonyl (C=O) groups is 2. The second kappa shape index (κ2) is 1.84. The number of rotatable bonds is 0. The Balaban J connectivity index is 2.32. The molecule has 3 heteroatoms. The van der Waals surface area contributed by atoms with Crippen LogP contribution in [0.4, 0.5) is 0 Å². The number of ether oxygens (including phenoxy) is 1. The molecule has 1 aliphatic carbocycles. The predicted octanol–water partition coefficient (Wildman–Crippen LogP) is 0.876. The summed E-state index contributed by atoms with van der Waals surface area (Å²) in [4.78, 5) is 22.1. The molecule has 1 saturated carbocycles. The van der Waals surface area contributed by atoms with Crippen molar-refractivity contribution < 1.29 is 14.3 Å². The summed E-state index contributed by atoms with van der Waals surface area (Å²) in [5, 5.41) is 0. The van der Waals surface area contributed by atoms with Gasteiger partial charge in [0.05, 0.1) is 11.3 Å². The van der Waals surface area contributed by atoms with Crippen LogP contribution in [0.15, 0.2) is 0 Å². The van der Waals surface area contributed by atoms with Crippen LogP contribution < -0.4 is 0 Å². The van der Waals surface area contributed by atoms with Crippen molar-refractivity contribution in [2.75, 3.05) is 0 Å². The zero-order valence-corrected chi connectivity index (χ0v) is 6.42. The van der Waals surface area contributed by atoms with Crippen molar-refractivity contribution >= 4 is 11.9 Å². The number of hydrogen-bond donors (Lipinski definition) is 0. The van der Waals surface area contributed by atoms with E-state index in [1.54, 1.807) is 0 Å². The minimum Gasteiger partial charge on any atom is -0.393 e. The van der Waals surface area contributed by atoms with Gasteiger partial charge in [-0.15, -0.1) is 0 Å². The Labute approximate surface area is 64.7 Å². The molecule has 1 saturated heterocycles. The molecule has 2 fully saturated rings. The van der Waals surface area contributed by atoms with Gasteiger partial charge in [-0.1, -0.05) is 0 Å². The quantitative estimate of drug-likeness (QED) is 0.384. The molecule has 11 heavy (non-hydrogen) atoms. The lowest BCUT2D eigenvalue weighted by Gasteiger charge is -2.25. The summed E-state index contributed by atoms with van der Waals surface area (Å²) in [7, 11) is 0. The van der Waals surface area contributed by atoms with Crippen molar-refractivity contribution in [3.63, 3.8) is 0 Å². The van der Waals surface area contributed by atoms with Crippen LogP contribution in [0.2, 0.25) is 0 Å². The summed E-state index contributed by atoms with van der Waals surface area (Å²) in [6, 6.07) is 0. The van der Waals surface area contributed by atoms with Gasteiger partial charge in [0.25, 0.3) is 0 Å². The fraction of sp³-hybridized carbons (Fsp3) is 0.750. The molecule has 0 amide bonds. The highest BCUT2D eigenvalue weighted by Crippen LogP contribution is 2.46. The van der Waals surface area contributed by atoms with E-state index >= 15 is 0 Å². The number of carbonyl (C=O) groups excluding carboxylic acids is 2. The molecule has 2 bridgehead atoms. The van der Waals surface area contributed by atoms with Crippen molar-refractivity contribution in [1.82, 2.24) is 0 Å². The van der Waals surface area contributed by atoms with Crippen LogP contribution in [-0.2, 0) is 14.3 Å². The normalized spacial score (nSPS) is 42.5. The van der Waals surface area contributed by atoms with Gasteiger partial charge in [0.15, 0.2) is 0 Å². The lowest BCUT2D eigenvalue weighted by Crippen LogP contribution is -2.35. The van der Waals surface area contributed by atoms with E-state index in [2.05, 4.69) is 4.74 Å². The van der Waals surface area contributed by atoms with E-state index in [-0.39, 0.29) is 23.3 Å². The van der Waals surface area contributed by atoms with Gasteiger partial charge in [-0.3, -0.25) is 9.59 Å². The zero-order chi connectivity index (χ0) is 8.06. The summed E-state index contributed by atoms with van der Waals surface area (Å²) in [6.07, 6.45) is 2.33. The van der Waals surface area contributed by atoms with Crippen LogP contribution in [-0.4, -0.2) is 11.9 Å². The Hall–Kier alpha value is -0.860. The number of fused-ring (bicyclic) bond motifs is 2. The maximum absolute atomic E-state index is 11.1. The van der Waals surface area contributed by atoms with E-state index in [1.807, 2.05) is 6.92 Å². The summed E-state index contributed by atoms with van der Waals surface area (Å²) >= 11 is 0. The molecular formula is C8H10O3. The van der Waals surface area contributed by atoms with Crippen molar-refractivity contribution in [3.05, 3.63) is 0 Å². The second-order valence-corrected chi connectivity index (χ2v) is 3.71. The van der Waals surface area contributed by atoms with Crippen LogP contribution in [0.25, 0.3) is 0 Å².